The van der Waals surface area contributed by atoms with Crippen molar-refractivity contribution in [2.45, 2.75) is 13.1 Å². The van der Waals surface area contributed by atoms with Gasteiger partial charge in [0.05, 0.1) is 0 Å². The second kappa shape index (κ2) is 13.4. The summed E-state index contributed by atoms with van der Waals surface area (Å²) in [7, 11) is 0. The maximum Gasteiger partial charge on any atom is 0.240 e. The van der Waals surface area contributed by atoms with Crippen LogP contribution in [0.25, 0.3) is 11.6 Å². The van der Waals surface area contributed by atoms with Crippen LogP contribution in [0.5, 0.6) is 0 Å². The number of hydrogen-bond acceptors (Lipinski definition) is 8. The monoisotopic (exact) mass is 420 g/mol. The largest absolute Gasteiger partial charge is 0.353 e. The quantitative estimate of drug-likeness (QED) is 0.166. The van der Waals surface area contributed by atoms with Crippen molar-refractivity contribution in [2.24, 2.45) is 11.5 Å². The third-order valence-corrected chi connectivity index (χ3v) is 4.15. The fourth-order valence-corrected chi connectivity index (χ4v) is 2.74. The molecule has 166 valence electrons. The van der Waals surface area contributed by atoms with Gasteiger partial charge in [-0.25, -0.2) is 9.97 Å². The first-order valence-corrected chi connectivity index (χ1v) is 10.0. The second-order valence-corrected chi connectivity index (χ2v) is 6.53. The first-order chi connectivity index (χ1) is 14.7. The van der Waals surface area contributed by atoms with E-state index in [-0.39, 0.29) is 24.9 Å². The SMILES string of the molecule is NCCNCCNC(=O)Cn1ccnc1-c1nccn1CC(=O)NCCNCCN. The molecule has 0 bridgehead atoms. The third-order valence-electron chi connectivity index (χ3n) is 4.15. The molecule has 12 heteroatoms. The number of imidazole rings is 2. The molecule has 0 aliphatic rings. The van der Waals surface area contributed by atoms with Crippen LogP contribution in [-0.4, -0.2) is 83.3 Å². The van der Waals surface area contributed by atoms with Gasteiger partial charge in [-0.05, 0) is 0 Å². The third kappa shape index (κ3) is 7.91. The molecule has 0 aromatic carbocycles. The minimum Gasteiger partial charge on any atom is -0.353 e. The molecular formula is C18H32N10O2. The zero-order valence-electron chi connectivity index (χ0n) is 17.1. The highest BCUT2D eigenvalue weighted by molar-refractivity contribution is 5.77. The van der Waals surface area contributed by atoms with Crippen molar-refractivity contribution < 1.29 is 9.59 Å². The number of rotatable bonds is 15. The van der Waals surface area contributed by atoms with E-state index >= 15 is 0 Å². The molecule has 0 radical (unpaired) electrons. The first-order valence-electron chi connectivity index (χ1n) is 10.0. The van der Waals surface area contributed by atoms with Crippen LogP contribution in [0.15, 0.2) is 24.8 Å². The van der Waals surface area contributed by atoms with Crippen LogP contribution in [0, 0.1) is 0 Å². The van der Waals surface area contributed by atoms with Gasteiger partial charge in [-0.1, -0.05) is 0 Å². The Kier molecular flexibility index (Phi) is 10.5. The number of amides is 2. The van der Waals surface area contributed by atoms with Gasteiger partial charge in [0, 0.05) is 77.1 Å². The molecule has 0 atom stereocenters. The summed E-state index contributed by atoms with van der Waals surface area (Å²) in [6.07, 6.45) is 6.63. The molecule has 0 fully saturated rings. The van der Waals surface area contributed by atoms with Crippen LogP contribution >= 0.6 is 0 Å². The van der Waals surface area contributed by atoms with Crippen LogP contribution in [0.2, 0.25) is 0 Å². The Morgan fingerprint density at radius 3 is 1.57 bits per heavy atom. The molecule has 0 spiro atoms. The maximum absolute atomic E-state index is 12.2. The van der Waals surface area contributed by atoms with Gasteiger partial charge >= 0.3 is 0 Å². The van der Waals surface area contributed by atoms with E-state index in [0.29, 0.717) is 64.0 Å². The van der Waals surface area contributed by atoms with E-state index in [0.717, 1.165) is 0 Å². The molecule has 0 aliphatic heterocycles. The molecule has 2 aromatic heterocycles. The van der Waals surface area contributed by atoms with E-state index in [4.69, 9.17) is 11.5 Å². The summed E-state index contributed by atoms with van der Waals surface area (Å²) in [5.74, 6) is 0.775. The highest BCUT2D eigenvalue weighted by Gasteiger charge is 2.15. The highest BCUT2D eigenvalue weighted by Crippen LogP contribution is 2.15. The van der Waals surface area contributed by atoms with Crippen molar-refractivity contribution in [3.63, 3.8) is 0 Å². The normalized spacial score (nSPS) is 10.9. The zero-order valence-corrected chi connectivity index (χ0v) is 17.1. The molecule has 8 N–H and O–H groups in total. The minimum atomic E-state index is -0.135. The highest BCUT2D eigenvalue weighted by atomic mass is 16.2. The topological polar surface area (TPSA) is 170 Å². The number of hydrogen-bond donors (Lipinski definition) is 6. The Balaban J connectivity index is 1.87. The molecule has 2 amide bonds. The van der Waals surface area contributed by atoms with Crippen LogP contribution in [0.3, 0.4) is 0 Å². The Labute approximate surface area is 175 Å². The molecule has 2 rings (SSSR count). The molecule has 30 heavy (non-hydrogen) atoms. The number of aromatic nitrogens is 4. The number of nitrogens with one attached hydrogen (secondary N) is 4. The first kappa shape index (κ1) is 23.5. The summed E-state index contributed by atoms with van der Waals surface area (Å²) in [5, 5.41) is 11.9. The average Bonchev–Trinajstić information content (AvgIpc) is 3.36. The fraction of sp³-hybridized carbons (Fsp3) is 0.556. The summed E-state index contributed by atoms with van der Waals surface area (Å²) in [5.41, 5.74) is 10.8. The van der Waals surface area contributed by atoms with Gasteiger partial charge in [0.2, 0.25) is 11.8 Å². The molecule has 0 unspecified atom stereocenters. The summed E-state index contributed by atoms with van der Waals surface area (Å²) in [4.78, 5) is 33.0. The Bertz CT molecular complexity index is 708. The minimum absolute atomic E-state index is 0.109. The Morgan fingerprint density at radius 1 is 0.733 bits per heavy atom. The van der Waals surface area contributed by atoms with Gasteiger partial charge in [0.25, 0.3) is 0 Å². The number of carbonyl (C=O) groups excluding carboxylic acids is 2. The molecule has 2 heterocycles. The summed E-state index contributed by atoms with van der Waals surface area (Å²) >= 11 is 0. The van der Waals surface area contributed by atoms with Crippen LogP contribution in [0.4, 0.5) is 0 Å². The van der Waals surface area contributed by atoms with Gasteiger partial charge in [-0.15, -0.1) is 0 Å². The molecular weight excluding hydrogens is 388 g/mol. The lowest BCUT2D eigenvalue weighted by Gasteiger charge is -2.11. The number of nitrogens with two attached hydrogens (primary N) is 2. The standard InChI is InChI=1S/C18H32N10O2/c19-1-3-21-5-7-23-15(29)13-27-11-9-25-17(27)18-26-10-12-28(18)14-16(30)24-8-6-22-4-2-20/h9-12,21-22H,1-8,13-14,19-20H2,(H,23,29)(H,24,30). The molecule has 12 nitrogen and oxygen atoms in total. The average molecular weight is 421 g/mol. The van der Waals surface area contributed by atoms with Gasteiger partial charge in [0.15, 0.2) is 11.6 Å². The van der Waals surface area contributed by atoms with E-state index in [1.54, 1.807) is 33.9 Å². The van der Waals surface area contributed by atoms with Crippen molar-refractivity contribution >= 4 is 11.8 Å². The fourth-order valence-electron chi connectivity index (χ4n) is 2.74. The summed E-state index contributed by atoms with van der Waals surface area (Å²) in [6.45, 7) is 5.09. The van der Waals surface area contributed by atoms with Gasteiger partial charge < -0.3 is 41.9 Å². The lowest BCUT2D eigenvalue weighted by molar-refractivity contribution is -0.122. The molecule has 0 saturated carbocycles. The van der Waals surface area contributed by atoms with Crippen molar-refractivity contribution in [1.82, 2.24) is 40.4 Å². The number of carbonyl (C=O) groups is 2. The van der Waals surface area contributed by atoms with Gasteiger partial charge in [-0.2, -0.15) is 0 Å². The molecule has 2 aromatic rings. The Hall–Kier alpha value is -2.80. The second-order valence-electron chi connectivity index (χ2n) is 6.53. The number of nitrogens with zero attached hydrogens (tertiary/aromatic N) is 4. The Morgan fingerprint density at radius 2 is 1.17 bits per heavy atom. The summed E-state index contributed by atoms with van der Waals surface area (Å²) < 4.78 is 3.41. The van der Waals surface area contributed by atoms with E-state index < -0.39 is 0 Å². The van der Waals surface area contributed by atoms with E-state index in [9.17, 15) is 9.59 Å². The zero-order chi connectivity index (χ0) is 21.6. The smallest absolute Gasteiger partial charge is 0.240 e. The van der Waals surface area contributed by atoms with E-state index in [2.05, 4.69) is 31.2 Å². The molecule has 0 aliphatic carbocycles. The van der Waals surface area contributed by atoms with Crippen LogP contribution < -0.4 is 32.7 Å². The van der Waals surface area contributed by atoms with E-state index in [1.807, 2.05) is 0 Å². The lowest BCUT2D eigenvalue weighted by Crippen LogP contribution is -2.35. The van der Waals surface area contributed by atoms with Crippen molar-refractivity contribution in [1.29, 1.82) is 0 Å². The molecule has 0 saturated heterocycles. The summed E-state index contributed by atoms with van der Waals surface area (Å²) in [6, 6.07) is 0. The predicted molar refractivity (Wildman–Crippen MR) is 113 cm³/mol. The van der Waals surface area contributed by atoms with Crippen molar-refractivity contribution in [3.05, 3.63) is 24.8 Å². The van der Waals surface area contributed by atoms with Crippen molar-refractivity contribution in [3.8, 4) is 11.6 Å². The lowest BCUT2D eigenvalue weighted by atomic mass is 10.4. The predicted octanol–water partition coefficient (Wildman–Crippen LogP) is -2.92. The van der Waals surface area contributed by atoms with Crippen molar-refractivity contribution in [2.75, 3.05) is 52.4 Å². The van der Waals surface area contributed by atoms with Gasteiger partial charge in [-0.3, -0.25) is 9.59 Å². The van der Waals surface area contributed by atoms with Crippen LogP contribution in [0.1, 0.15) is 0 Å². The van der Waals surface area contributed by atoms with E-state index in [1.165, 1.54) is 0 Å². The van der Waals surface area contributed by atoms with Gasteiger partial charge in [0.1, 0.15) is 13.1 Å². The maximum atomic E-state index is 12.2. The van der Waals surface area contributed by atoms with Crippen LogP contribution in [-0.2, 0) is 22.7 Å².